The highest BCUT2D eigenvalue weighted by Crippen LogP contribution is 2.35. The van der Waals surface area contributed by atoms with E-state index in [0.29, 0.717) is 5.92 Å². The molecular weight excluding hydrogens is 234 g/mol. The second kappa shape index (κ2) is 7.08. The van der Waals surface area contributed by atoms with Crippen LogP contribution in [0.2, 0.25) is 0 Å². The number of rotatable bonds is 4. The largest absolute Gasteiger partial charge is 0.393 e. The van der Waals surface area contributed by atoms with Crippen molar-refractivity contribution in [2.24, 2.45) is 17.8 Å². The fourth-order valence-corrected chi connectivity index (χ4v) is 4.13. The van der Waals surface area contributed by atoms with Gasteiger partial charge in [0.2, 0.25) is 0 Å². The molecule has 112 valence electrons. The molecule has 2 saturated carbocycles. The van der Waals surface area contributed by atoms with Crippen molar-refractivity contribution >= 4 is 0 Å². The molecule has 0 heterocycles. The summed E-state index contributed by atoms with van der Waals surface area (Å²) in [5, 5.41) is 10.3. The Bertz CT molecular complexity index is 260. The minimum atomic E-state index is -0.0546. The lowest BCUT2D eigenvalue weighted by molar-refractivity contribution is 0.0132. The highest BCUT2D eigenvalue weighted by atomic mass is 16.3. The Hall–Kier alpha value is -0.0800. The van der Waals surface area contributed by atoms with Crippen molar-refractivity contribution in [1.29, 1.82) is 0 Å². The Morgan fingerprint density at radius 2 is 1.74 bits per heavy atom. The van der Waals surface area contributed by atoms with Crippen LogP contribution in [0, 0.1) is 17.8 Å². The number of aliphatic hydroxyl groups is 1. The Morgan fingerprint density at radius 1 is 1.05 bits per heavy atom. The van der Waals surface area contributed by atoms with Gasteiger partial charge >= 0.3 is 0 Å². The number of nitrogens with zero attached hydrogens (tertiary/aromatic N) is 1. The van der Waals surface area contributed by atoms with E-state index in [4.69, 9.17) is 0 Å². The predicted molar refractivity (Wildman–Crippen MR) is 81.2 cm³/mol. The molecule has 0 bridgehead atoms. The molecule has 1 N–H and O–H groups in total. The molecular formula is C17H33NO. The van der Waals surface area contributed by atoms with E-state index in [1.165, 1.54) is 44.9 Å². The van der Waals surface area contributed by atoms with Crippen molar-refractivity contribution in [3.8, 4) is 0 Å². The lowest BCUT2D eigenvalue weighted by atomic mass is 9.74. The first-order valence-corrected chi connectivity index (χ1v) is 8.46. The van der Waals surface area contributed by atoms with Gasteiger partial charge < -0.3 is 10.0 Å². The van der Waals surface area contributed by atoms with Crippen molar-refractivity contribution < 1.29 is 5.11 Å². The number of hydrogen-bond acceptors (Lipinski definition) is 2. The van der Waals surface area contributed by atoms with Crippen LogP contribution in [0.3, 0.4) is 0 Å². The van der Waals surface area contributed by atoms with Gasteiger partial charge in [-0.05, 0) is 56.9 Å². The van der Waals surface area contributed by atoms with Crippen LogP contribution in [-0.2, 0) is 0 Å². The summed E-state index contributed by atoms with van der Waals surface area (Å²) in [6, 6.07) is 0.778. The molecule has 0 amide bonds. The summed E-state index contributed by atoms with van der Waals surface area (Å²) < 4.78 is 0. The smallest absolute Gasteiger partial charge is 0.0580 e. The maximum atomic E-state index is 10.3. The summed E-state index contributed by atoms with van der Waals surface area (Å²) in [4.78, 5) is 2.55. The summed E-state index contributed by atoms with van der Waals surface area (Å²) in [6.45, 7) is 5.78. The van der Waals surface area contributed by atoms with Crippen LogP contribution in [0.5, 0.6) is 0 Å². The molecule has 19 heavy (non-hydrogen) atoms. The Labute approximate surface area is 119 Å². The molecule has 0 radical (unpaired) electrons. The highest BCUT2D eigenvalue weighted by molar-refractivity contribution is 4.84. The van der Waals surface area contributed by atoms with E-state index in [0.717, 1.165) is 30.8 Å². The minimum absolute atomic E-state index is 0.0546. The van der Waals surface area contributed by atoms with E-state index in [-0.39, 0.29) is 6.10 Å². The van der Waals surface area contributed by atoms with Crippen molar-refractivity contribution in [3.63, 3.8) is 0 Å². The van der Waals surface area contributed by atoms with Crippen LogP contribution < -0.4 is 0 Å². The minimum Gasteiger partial charge on any atom is -0.393 e. The second-order valence-electron chi connectivity index (χ2n) is 7.38. The molecule has 3 unspecified atom stereocenters. The molecule has 0 aromatic heterocycles. The second-order valence-corrected chi connectivity index (χ2v) is 7.38. The molecule has 2 nitrogen and oxygen atoms in total. The fraction of sp³-hybridized carbons (Fsp3) is 1.00. The van der Waals surface area contributed by atoms with Gasteiger partial charge in [0.1, 0.15) is 0 Å². The number of hydrogen-bond donors (Lipinski definition) is 1. The van der Waals surface area contributed by atoms with Gasteiger partial charge in [0.25, 0.3) is 0 Å². The molecule has 2 aliphatic carbocycles. The molecule has 0 aromatic carbocycles. The molecule has 3 atom stereocenters. The average Bonchev–Trinajstić information content (AvgIpc) is 2.42. The van der Waals surface area contributed by atoms with Gasteiger partial charge in [-0.25, -0.2) is 0 Å². The van der Waals surface area contributed by atoms with Crippen LogP contribution in [0.4, 0.5) is 0 Å². The summed E-state index contributed by atoms with van der Waals surface area (Å²) in [6.07, 6.45) is 10.4. The first kappa shape index (κ1) is 15.3. The lowest BCUT2D eigenvalue weighted by Gasteiger charge is -2.40. The maximum Gasteiger partial charge on any atom is 0.0580 e. The van der Waals surface area contributed by atoms with E-state index < -0.39 is 0 Å². The van der Waals surface area contributed by atoms with E-state index in [1.807, 2.05) is 0 Å². The molecule has 2 aliphatic rings. The first-order valence-electron chi connectivity index (χ1n) is 8.46. The molecule has 0 spiro atoms. The normalized spacial score (nSPS) is 34.1. The van der Waals surface area contributed by atoms with Crippen LogP contribution >= 0.6 is 0 Å². The lowest BCUT2D eigenvalue weighted by Crippen LogP contribution is -2.42. The first-order chi connectivity index (χ1) is 9.08. The van der Waals surface area contributed by atoms with Crippen LogP contribution in [-0.4, -0.2) is 35.7 Å². The monoisotopic (exact) mass is 267 g/mol. The molecule has 2 fully saturated rings. The fourth-order valence-electron chi connectivity index (χ4n) is 4.13. The van der Waals surface area contributed by atoms with Gasteiger partial charge in [-0.15, -0.1) is 0 Å². The van der Waals surface area contributed by atoms with Gasteiger partial charge in [0.05, 0.1) is 6.10 Å². The summed E-state index contributed by atoms with van der Waals surface area (Å²) in [5.74, 6) is 2.11. The molecule has 0 aromatic rings. The Kier molecular flexibility index (Phi) is 5.70. The quantitative estimate of drug-likeness (QED) is 0.840. The summed E-state index contributed by atoms with van der Waals surface area (Å²) >= 11 is 0. The average molecular weight is 267 g/mol. The van der Waals surface area contributed by atoms with Gasteiger partial charge in [-0.2, -0.15) is 0 Å². The van der Waals surface area contributed by atoms with Gasteiger partial charge in [0.15, 0.2) is 0 Å². The SMILES string of the molecule is CC(C)C1CCC(O)C(CN(C)C2CCCCC2)C1. The standard InChI is InChI=1S/C17H33NO/c1-13(2)14-9-10-17(19)15(11-14)12-18(3)16-7-5-4-6-8-16/h13-17,19H,4-12H2,1-3H3. The van der Waals surface area contributed by atoms with Crippen LogP contribution in [0.1, 0.15) is 65.2 Å². The zero-order valence-corrected chi connectivity index (χ0v) is 13.1. The summed E-state index contributed by atoms with van der Waals surface area (Å²) in [5.41, 5.74) is 0. The van der Waals surface area contributed by atoms with Crippen LogP contribution in [0.25, 0.3) is 0 Å². The van der Waals surface area contributed by atoms with Gasteiger partial charge in [-0.3, -0.25) is 0 Å². The van der Waals surface area contributed by atoms with Crippen LogP contribution in [0.15, 0.2) is 0 Å². The van der Waals surface area contributed by atoms with Crippen molar-refractivity contribution in [1.82, 2.24) is 4.90 Å². The Balaban J connectivity index is 1.85. The van der Waals surface area contributed by atoms with Crippen molar-refractivity contribution in [2.75, 3.05) is 13.6 Å². The summed E-state index contributed by atoms with van der Waals surface area (Å²) in [7, 11) is 2.28. The van der Waals surface area contributed by atoms with E-state index in [1.54, 1.807) is 0 Å². The van der Waals surface area contributed by atoms with Gasteiger partial charge in [0, 0.05) is 12.6 Å². The third-order valence-corrected chi connectivity index (χ3v) is 5.65. The molecule has 2 heteroatoms. The molecule has 0 aliphatic heterocycles. The van der Waals surface area contributed by atoms with E-state index >= 15 is 0 Å². The maximum absolute atomic E-state index is 10.3. The Morgan fingerprint density at radius 3 is 2.37 bits per heavy atom. The van der Waals surface area contributed by atoms with E-state index in [9.17, 15) is 5.11 Å². The van der Waals surface area contributed by atoms with Crippen molar-refractivity contribution in [3.05, 3.63) is 0 Å². The van der Waals surface area contributed by atoms with E-state index in [2.05, 4.69) is 25.8 Å². The highest BCUT2D eigenvalue weighted by Gasteiger charge is 2.32. The molecule has 2 rings (SSSR count). The number of aliphatic hydroxyl groups excluding tert-OH is 1. The van der Waals surface area contributed by atoms with Gasteiger partial charge in [-0.1, -0.05) is 33.1 Å². The van der Waals surface area contributed by atoms with Crippen molar-refractivity contribution in [2.45, 2.75) is 77.4 Å². The zero-order valence-electron chi connectivity index (χ0n) is 13.1. The third-order valence-electron chi connectivity index (χ3n) is 5.65. The zero-order chi connectivity index (χ0) is 13.8. The predicted octanol–water partition coefficient (Wildman–Crippen LogP) is 3.68. The third kappa shape index (κ3) is 4.19. The molecule has 0 saturated heterocycles. The topological polar surface area (TPSA) is 23.5 Å².